The molecule has 32 heavy (non-hydrogen) atoms. The molecule has 0 N–H and O–H groups in total. The molecule has 1 aliphatic heterocycles. The maximum atomic E-state index is 12.5. The largest absolute Gasteiger partial charge is 0.459 e. The lowest BCUT2D eigenvalue weighted by Gasteiger charge is -2.27. The molecule has 1 atom stereocenters. The van der Waals surface area contributed by atoms with Gasteiger partial charge in [0.1, 0.15) is 6.10 Å². The number of carbonyl (C=O) groups excluding carboxylic acids is 2. The second-order valence-corrected chi connectivity index (χ2v) is 9.25. The summed E-state index contributed by atoms with van der Waals surface area (Å²) >= 11 is 0. The number of likely N-dealkylation sites (tertiary alicyclic amines) is 1. The van der Waals surface area contributed by atoms with Gasteiger partial charge in [-0.1, -0.05) is 65.2 Å². The number of nitrogens with zero attached hydrogens (tertiary/aromatic N) is 2. The molecule has 5 nitrogen and oxygen atoms in total. The molecule has 5 heteroatoms. The summed E-state index contributed by atoms with van der Waals surface area (Å²) in [6, 6.07) is 0. The zero-order valence-corrected chi connectivity index (χ0v) is 21.1. The molecular weight excluding hydrogens is 400 g/mol. The Bertz CT molecular complexity index is 567. The summed E-state index contributed by atoms with van der Waals surface area (Å²) in [5.74, 6) is 6.44. The van der Waals surface area contributed by atoms with Crippen LogP contribution in [-0.4, -0.2) is 61.0 Å². The first-order valence-electron chi connectivity index (χ1n) is 13.2. The van der Waals surface area contributed by atoms with E-state index in [0.717, 1.165) is 51.6 Å². The van der Waals surface area contributed by atoms with Crippen molar-refractivity contribution in [2.45, 2.75) is 116 Å². The molecule has 1 rings (SSSR count). The predicted molar refractivity (Wildman–Crippen MR) is 132 cm³/mol. The van der Waals surface area contributed by atoms with E-state index < -0.39 is 0 Å². The van der Waals surface area contributed by atoms with Crippen LogP contribution in [0.15, 0.2) is 0 Å². The maximum Gasteiger partial charge on any atom is 0.306 e. The molecule has 0 aromatic carbocycles. The Labute approximate surface area is 197 Å². The summed E-state index contributed by atoms with van der Waals surface area (Å²) in [7, 11) is 2.04. The van der Waals surface area contributed by atoms with Crippen LogP contribution in [0.4, 0.5) is 0 Å². The highest BCUT2D eigenvalue weighted by Crippen LogP contribution is 2.14. The van der Waals surface area contributed by atoms with Crippen LogP contribution in [-0.2, 0) is 14.3 Å². The molecule has 0 aromatic heterocycles. The number of esters is 1. The van der Waals surface area contributed by atoms with E-state index in [2.05, 4.69) is 30.6 Å². The Morgan fingerprint density at radius 1 is 1.00 bits per heavy atom. The van der Waals surface area contributed by atoms with Crippen molar-refractivity contribution in [3.63, 3.8) is 0 Å². The SMILES string of the molecule is CCCC#CCCN(C)CC(CN1CCCC1=O)OC(=O)CCCCCCCCCCC. The van der Waals surface area contributed by atoms with Crippen LogP contribution in [0, 0.1) is 11.8 Å². The van der Waals surface area contributed by atoms with Gasteiger partial charge in [0.2, 0.25) is 5.91 Å². The number of hydrogen-bond acceptors (Lipinski definition) is 4. The van der Waals surface area contributed by atoms with Gasteiger partial charge in [-0.3, -0.25) is 9.59 Å². The fourth-order valence-electron chi connectivity index (χ4n) is 4.09. The van der Waals surface area contributed by atoms with Crippen molar-refractivity contribution in [3.8, 4) is 11.8 Å². The van der Waals surface area contributed by atoms with Crippen molar-refractivity contribution >= 4 is 11.9 Å². The molecule has 0 bridgehead atoms. The van der Waals surface area contributed by atoms with Gasteiger partial charge in [0.05, 0.1) is 6.54 Å². The Morgan fingerprint density at radius 3 is 2.28 bits per heavy atom. The van der Waals surface area contributed by atoms with Crippen molar-refractivity contribution in [2.75, 3.05) is 33.2 Å². The second-order valence-electron chi connectivity index (χ2n) is 9.25. The van der Waals surface area contributed by atoms with Gasteiger partial charge in [0.15, 0.2) is 0 Å². The van der Waals surface area contributed by atoms with E-state index in [0.29, 0.717) is 25.9 Å². The number of rotatable bonds is 18. The standard InChI is InChI=1S/C27H48N2O3/c1-4-6-8-10-11-12-13-14-16-20-27(31)32-25(24-29-22-18-19-26(29)30)23-28(3)21-17-15-9-7-5-2/h25H,4-8,10-14,16-24H2,1-3H3. The fraction of sp³-hybridized carbons (Fsp3) is 0.852. The van der Waals surface area contributed by atoms with Gasteiger partial charge in [0, 0.05) is 45.3 Å². The number of likely N-dealkylation sites (N-methyl/N-ethyl adjacent to an activating group) is 1. The smallest absolute Gasteiger partial charge is 0.306 e. The van der Waals surface area contributed by atoms with Crippen LogP contribution < -0.4 is 0 Å². The molecule has 0 aliphatic carbocycles. The van der Waals surface area contributed by atoms with Gasteiger partial charge >= 0.3 is 5.97 Å². The Hall–Kier alpha value is -1.54. The highest BCUT2D eigenvalue weighted by atomic mass is 16.5. The van der Waals surface area contributed by atoms with Crippen LogP contribution in [0.3, 0.4) is 0 Å². The number of carbonyl (C=O) groups is 2. The quantitative estimate of drug-likeness (QED) is 0.156. The van der Waals surface area contributed by atoms with Crippen molar-refractivity contribution in [1.82, 2.24) is 9.80 Å². The number of hydrogen-bond donors (Lipinski definition) is 0. The molecule has 1 heterocycles. The number of ether oxygens (including phenoxy) is 1. The highest BCUT2D eigenvalue weighted by molar-refractivity contribution is 5.78. The molecule has 1 unspecified atom stereocenters. The van der Waals surface area contributed by atoms with E-state index in [4.69, 9.17) is 4.74 Å². The van der Waals surface area contributed by atoms with E-state index in [1.54, 1.807) is 0 Å². The van der Waals surface area contributed by atoms with E-state index in [1.165, 1.54) is 44.9 Å². The zero-order chi connectivity index (χ0) is 23.4. The van der Waals surface area contributed by atoms with Crippen LogP contribution in [0.25, 0.3) is 0 Å². The minimum atomic E-state index is -0.267. The third kappa shape index (κ3) is 14.5. The second kappa shape index (κ2) is 19.0. The van der Waals surface area contributed by atoms with E-state index in [1.807, 2.05) is 11.9 Å². The molecule has 0 radical (unpaired) electrons. The third-order valence-corrected chi connectivity index (χ3v) is 6.01. The lowest BCUT2D eigenvalue weighted by atomic mass is 10.1. The fourth-order valence-corrected chi connectivity index (χ4v) is 4.09. The van der Waals surface area contributed by atoms with E-state index in [9.17, 15) is 9.59 Å². The third-order valence-electron chi connectivity index (χ3n) is 6.01. The minimum Gasteiger partial charge on any atom is -0.459 e. The summed E-state index contributed by atoms with van der Waals surface area (Å²) in [5, 5.41) is 0. The zero-order valence-electron chi connectivity index (χ0n) is 21.1. The molecule has 1 saturated heterocycles. The van der Waals surface area contributed by atoms with E-state index >= 15 is 0 Å². The first-order chi connectivity index (χ1) is 15.6. The predicted octanol–water partition coefficient (Wildman–Crippen LogP) is 5.57. The molecule has 0 saturated carbocycles. The van der Waals surface area contributed by atoms with Crippen molar-refractivity contribution in [1.29, 1.82) is 0 Å². The van der Waals surface area contributed by atoms with Gasteiger partial charge in [-0.25, -0.2) is 0 Å². The van der Waals surface area contributed by atoms with Crippen molar-refractivity contribution in [3.05, 3.63) is 0 Å². The van der Waals surface area contributed by atoms with Gasteiger partial charge in [-0.15, -0.1) is 11.8 Å². The average molecular weight is 449 g/mol. The highest BCUT2D eigenvalue weighted by Gasteiger charge is 2.26. The number of amides is 1. The van der Waals surface area contributed by atoms with Crippen molar-refractivity contribution in [2.24, 2.45) is 0 Å². The molecule has 0 aromatic rings. The summed E-state index contributed by atoms with van der Waals surface area (Å²) in [4.78, 5) is 28.5. The molecule has 1 fully saturated rings. The van der Waals surface area contributed by atoms with Gasteiger partial charge < -0.3 is 14.5 Å². The van der Waals surface area contributed by atoms with Crippen LogP contribution in [0.2, 0.25) is 0 Å². The molecule has 184 valence electrons. The Balaban J connectivity index is 2.33. The van der Waals surface area contributed by atoms with Crippen LogP contribution in [0.5, 0.6) is 0 Å². The Kier molecular flexibility index (Phi) is 16.9. The van der Waals surface area contributed by atoms with Gasteiger partial charge in [-0.05, 0) is 26.3 Å². The van der Waals surface area contributed by atoms with E-state index in [-0.39, 0.29) is 18.0 Å². The molecule has 1 amide bonds. The first-order valence-corrected chi connectivity index (χ1v) is 13.2. The molecular formula is C27H48N2O3. The lowest BCUT2D eigenvalue weighted by molar-refractivity contribution is -0.152. The maximum absolute atomic E-state index is 12.5. The summed E-state index contributed by atoms with van der Waals surface area (Å²) in [6.45, 7) is 7.15. The van der Waals surface area contributed by atoms with Gasteiger partial charge in [-0.2, -0.15) is 0 Å². The minimum absolute atomic E-state index is 0.124. The van der Waals surface area contributed by atoms with Crippen LogP contribution in [0.1, 0.15) is 110 Å². The van der Waals surface area contributed by atoms with Crippen molar-refractivity contribution < 1.29 is 14.3 Å². The topological polar surface area (TPSA) is 49.9 Å². The van der Waals surface area contributed by atoms with Crippen LogP contribution >= 0.6 is 0 Å². The summed E-state index contributed by atoms with van der Waals surface area (Å²) < 4.78 is 5.84. The normalized spacial score (nSPS) is 14.5. The summed E-state index contributed by atoms with van der Waals surface area (Å²) in [5.41, 5.74) is 0. The molecule has 1 aliphatic rings. The Morgan fingerprint density at radius 2 is 1.66 bits per heavy atom. The van der Waals surface area contributed by atoms with Gasteiger partial charge in [0.25, 0.3) is 0 Å². The monoisotopic (exact) mass is 448 g/mol. The summed E-state index contributed by atoms with van der Waals surface area (Å²) in [6.07, 6.45) is 15.7. The molecule has 0 spiro atoms. The first kappa shape index (κ1) is 28.5. The number of unbranched alkanes of at least 4 members (excludes halogenated alkanes) is 9. The average Bonchev–Trinajstić information content (AvgIpc) is 3.16. The lowest BCUT2D eigenvalue weighted by Crippen LogP contribution is -2.42.